The van der Waals surface area contributed by atoms with Crippen LogP contribution in [0.4, 0.5) is 18.9 Å². The first-order chi connectivity index (χ1) is 19.1. The summed E-state index contributed by atoms with van der Waals surface area (Å²) in [6.07, 6.45) is -2.03. The Balaban J connectivity index is 1.44. The quantitative estimate of drug-likeness (QED) is 0.392. The smallest absolute Gasteiger partial charge is 0.416 e. The van der Waals surface area contributed by atoms with Crippen molar-refractivity contribution in [3.63, 3.8) is 0 Å². The summed E-state index contributed by atoms with van der Waals surface area (Å²) in [6.45, 7) is 0. The number of anilines is 1. The SMILES string of the molecule is CN1C(=O)C(NC(=O)C(CC2CC2)C(O)CCc2ccco2)N=C(c2ccc(C(F)(F)F)cc2)c2ccccc21. The number of aryl methyl sites for hydroxylation is 1. The molecule has 2 heterocycles. The molecule has 0 saturated heterocycles. The number of aliphatic hydroxyl groups excluding tert-OH is 1. The summed E-state index contributed by atoms with van der Waals surface area (Å²) in [7, 11) is 1.56. The van der Waals surface area contributed by atoms with Crippen LogP contribution >= 0.6 is 0 Å². The van der Waals surface area contributed by atoms with Gasteiger partial charge in [-0.25, -0.2) is 4.99 Å². The van der Waals surface area contributed by atoms with Crippen molar-refractivity contribution in [1.29, 1.82) is 0 Å². The van der Waals surface area contributed by atoms with Crippen LogP contribution in [0.5, 0.6) is 0 Å². The third-order valence-electron chi connectivity index (χ3n) is 7.46. The molecular formula is C30H30F3N3O4. The van der Waals surface area contributed by atoms with Crippen molar-refractivity contribution in [1.82, 2.24) is 5.32 Å². The Morgan fingerprint density at radius 3 is 2.50 bits per heavy atom. The molecule has 7 nitrogen and oxygen atoms in total. The lowest BCUT2D eigenvalue weighted by Crippen LogP contribution is -2.49. The lowest BCUT2D eigenvalue weighted by atomic mass is 9.91. The Kier molecular flexibility index (Phi) is 7.80. The number of carbonyl (C=O) groups excluding carboxylic acids is 2. The minimum Gasteiger partial charge on any atom is -0.469 e. The van der Waals surface area contributed by atoms with Crippen LogP contribution in [-0.4, -0.2) is 41.9 Å². The first-order valence-corrected chi connectivity index (χ1v) is 13.2. The number of benzodiazepines with no additional fused rings is 1. The number of nitrogens with zero attached hydrogens (tertiary/aromatic N) is 2. The van der Waals surface area contributed by atoms with E-state index in [-0.39, 0.29) is 5.71 Å². The lowest BCUT2D eigenvalue weighted by Gasteiger charge is -2.25. The zero-order valence-electron chi connectivity index (χ0n) is 21.9. The summed E-state index contributed by atoms with van der Waals surface area (Å²) in [4.78, 5) is 33.0. The zero-order valence-corrected chi connectivity index (χ0v) is 21.9. The number of likely N-dealkylation sites (N-methyl/N-ethyl adjacent to an activating group) is 1. The molecule has 40 heavy (non-hydrogen) atoms. The van der Waals surface area contributed by atoms with Gasteiger partial charge in [-0.2, -0.15) is 13.2 Å². The van der Waals surface area contributed by atoms with Gasteiger partial charge in [0, 0.05) is 24.6 Å². The average molecular weight is 554 g/mol. The first-order valence-electron chi connectivity index (χ1n) is 13.2. The van der Waals surface area contributed by atoms with Crippen molar-refractivity contribution >= 4 is 23.2 Å². The van der Waals surface area contributed by atoms with Crippen LogP contribution in [0, 0.1) is 11.8 Å². The number of para-hydroxylation sites is 1. The molecule has 210 valence electrons. The van der Waals surface area contributed by atoms with Crippen LogP contribution in [0.3, 0.4) is 0 Å². The van der Waals surface area contributed by atoms with Gasteiger partial charge in [-0.15, -0.1) is 0 Å². The largest absolute Gasteiger partial charge is 0.469 e. The molecule has 1 fully saturated rings. The van der Waals surface area contributed by atoms with Crippen molar-refractivity contribution in [2.24, 2.45) is 16.8 Å². The Morgan fingerprint density at radius 1 is 1.12 bits per heavy atom. The van der Waals surface area contributed by atoms with E-state index in [9.17, 15) is 27.9 Å². The number of benzene rings is 2. The van der Waals surface area contributed by atoms with Gasteiger partial charge in [0.05, 0.1) is 35.2 Å². The number of furan rings is 1. The number of amides is 2. The molecule has 2 aliphatic rings. The van der Waals surface area contributed by atoms with Gasteiger partial charge in [0.1, 0.15) is 5.76 Å². The number of fused-ring (bicyclic) bond motifs is 1. The van der Waals surface area contributed by atoms with Gasteiger partial charge in [0.2, 0.25) is 12.1 Å². The van der Waals surface area contributed by atoms with Crippen molar-refractivity contribution in [2.45, 2.75) is 50.6 Å². The van der Waals surface area contributed by atoms with Gasteiger partial charge in [-0.1, -0.05) is 43.2 Å². The van der Waals surface area contributed by atoms with Crippen molar-refractivity contribution in [2.75, 3.05) is 11.9 Å². The van der Waals surface area contributed by atoms with E-state index in [0.717, 1.165) is 25.0 Å². The van der Waals surface area contributed by atoms with Gasteiger partial charge in [-0.3, -0.25) is 9.59 Å². The number of carbonyl (C=O) groups is 2. The van der Waals surface area contributed by atoms with Crippen molar-refractivity contribution in [3.05, 3.63) is 89.4 Å². The van der Waals surface area contributed by atoms with Gasteiger partial charge < -0.3 is 19.7 Å². The minimum atomic E-state index is -4.50. The van der Waals surface area contributed by atoms with Gasteiger partial charge in [0.25, 0.3) is 5.91 Å². The summed E-state index contributed by atoms with van der Waals surface area (Å²) in [5.74, 6) is -0.716. The van der Waals surface area contributed by atoms with Gasteiger partial charge >= 0.3 is 6.18 Å². The maximum atomic E-state index is 13.6. The molecule has 0 bridgehead atoms. The summed E-state index contributed by atoms with van der Waals surface area (Å²) in [6, 6.07) is 15.0. The Morgan fingerprint density at radius 2 is 1.85 bits per heavy atom. The highest BCUT2D eigenvalue weighted by Gasteiger charge is 2.37. The molecular weight excluding hydrogens is 523 g/mol. The molecule has 0 spiro atoms. The molecule has 1 aliphatic carbocycles. The van der Waals surface area contributed by atoms with Crippen LogP contribution in [0.1, 0.15) is 48.1 Å². The summed E-state index contributed by atoms with van der Waals surface area (Å²) in [5.41, 5.74) is 0.905. The number of nitrogens with one attached hydrogen (secondary N) is 1. The molecule has 1 aromatic heterocycles. The minimum absolute atomic E-state index is 0.282. The molecule has 5 rings (SSSR count). The van der Waals surface area contributed by atoms with Crippen LogP contribution < -0.4 is 10.2 Å². The summed E-state index contributed by atoms with van der Waals surface area (Å²) >= 11 is 0. The third kappa shape index (κ3) is 6.12. The molecule has 1 saturated carbocycles. The number of alkyl halides is 3. The van der Waals surface area contributed by atoms with E-state index in [1.807, 2.05) is 0 Å². The van der Waals surface area contributed by atoms with E-state index in [2.05, 4.69) is 10.3 Å². The number of hydrogen-bond acceptors (Lipinski definition) is 5. The lowest BCUT2D eigenvalue weighted by molar-refractivity contribution is -0.137. The number of aliphatic hydroxyl groups is 1. The molecule has 2 amide bonds. The summed E-state index contributed by atoms with van der Waals surface area (Å²) in [5, 5.41) is 13.7. The van der Waals surface area contributed by atoms with E-state index in [0.29, 0.717) is 47.8 Å². The van der Waals surface area contributed by atoms with Crippen molar-refractivity contribution < 1.29 is 32.3 Å². The molecule has 3 aromatic rings. The fraction of sp³-hybridized carbons (Fsp3) is 0.367. The normalized spacial score (nSPS) is 18.9. The average Bonchev–Trinajstić information content (AvgIpc) is 3.63. The topological polar surface area (TPSA) is 95.1 Å². The number of aliphatic imine (C=N–C) groups is 1. The second kappa shape index (κ2) is 11.3. The maximum absolute atomic E-state index is 13.6. The van der Waals surface area contributed by atoms with Crippen LogP contribution in [0.25, 0.3) is 0 Å². The molecule has 10 heteroatoms. The molecule has 3 unspecified atom stereocenters. The van der Waals surface area contributed by atoms with Crippen LogP contribution in [0.15, 0.2) is 76.3 Å². The van der Waals surface area contributed by atoms with Crippen molar-refractivity contribution in [3.8, 4) is 0 Å². The van der Waals surface area contributed by atoms with E-state index in [1.165, 1.54) is 17.0 Å². The van der Waals surface area contributed by atoms with E-state index >= 15 is 0 Å². The highest BCUT2D eigenvalue weighted by molar-refractivity contribution is 6.20. The highest BCUT2D eigenvalue weighted by Crippen LogP contribution is 2.37. The second-order valence-corrected chi connectivity index (χ2v) is 10.3. The molecule has 3 atom stereocenters. The Hall–Kier alpha value is -3.92. The van der Waals surface area contributed by atoms with Gasteiger partial charge in [0.15, 0.2) is 0 Å². The third-order valence-corrected chi connectivity index (χ3v) is 7.46. The Bertz CT molecular complexity index is 1380. The predicted molar refractivity (Wildman–Crippen MR) is 143 cm³/mol. The monoisotopic (exact) mass is 553 g/mol. The van der Waals surface area contributed by atoms with Gasteiger partial charge in [-0.05, 0) is 49.1 Å². The number of halogens is 3. The second-order valence-electron chi connectivity index (χ2n) is 10.3. The van der Waals surface area contributed by atoms with E-state index in [4.69, 9.17) is 4.42 Å². The van der Waals surface area contributed by atoms with Crippen LogP contribution in [-0.2, 0) is 22.2 Å². The van der Waals surface area contributed by atoms with E-state index < -0.39 is 41.7 Å². The maximum Gasteiger partial charge on any atom is 0.416 e. The zero-order chi connectivity index (χ0) is 28.4. The summed E-state index contributed by atoms with van der Waals surface area (Å²) < 4.78 is 44.9. The fourth-order valence-electron chi connectivity index (χ4n) is 5.00. The predicted octanol–water partition coefficient (Wildman–Crippen LogP) is 4.96. The number of hydrogen-bond donors (Lipinski definition) is 2. The molecule has 1 aliphatic heterocycles. The highest BCUT2D eigenvalue weighted by atomic mass is 19.4. The van der Waals surface area contributed by atoms with E-state index in [1.54, 1.807) is 49.7 Å². The molecule has 0 radical (unpaired) electrons. The number of rotatable bonds is 9. The standard InChI is InChI=1S/C30H30F3N3O4/c1-36-24-7-3-2-6-22(24)26(19-10-12-20(13-11-19)30(31,32)33)34-27(29(36)39)35-28(38)23(17-18-8-9-18)25(37)15-14-21-5-4-16-40-21/h2-7,10-13,16,18,23,25,27,37H,8-9,14-15,17H2,1H3,(H,35,38). The fourth-order valence-corrected chi connectivity index (χ4v) is 5.00. The molecule has 2 aromatic carbocycles. The Labute approximate surface area is 229 Å². The molecule has 2 N–H and O–H groups in total. The first kappa shape index (κ1) is 27.6. The van der Waals surface area contributed by atoms with Crippen LogP contribution in [0.2, 0.25) is 0 Å².